The Balaban J connectivity index is 1.93. The Bertz CT molecular complexity index is 797. The normalized spacial score (nSPS) is 10.3. The van der Waals surface area contributed by atoms with Crippen LogP contribution in [0.3, 0.4) is 0 Å². The van der Waals surface area contributed by atoms with Crippen LogP contribution in [0.2, 0.25) is 0 Å². The molecule has 2 rings (SSSR count). The number of methoxy groups -OCH3 is 1. The minimum absolute atomic E-state index is 0.0870. The van der Waals surface area contributed by atoms with Crippen molar-refractivity contribution < 1.29 is 24.0 Å². The van der Waals surface area contributed by atoms with Gasteiger partial charge in [0.25, 0.3) is 5.69 Å². The maximum absolute atomic E-state index is 11.7. The number of rotatable bonds is 5. The Morgan fingerprint density at radius 2 is 1.72 bits per heavy atom. The van der Waals surface area contributed by atoms with E-state index in [2.05, 4.69) is 10.1 Å². The molecule has 128 valence electrons. The summed E-state index contributed by atoms with van der Waals surface area (Å²) < 4.78 is 9.52. The second-order valence-electron chi connectivity index (χ2n) is 4.74. The van der Waals surface area contributed by atoms with E-state index < -0.39 is 17.0 Å². The minimum atomic E-state index is -0.620. The zero-order valence-corrected chi connectivity index (χ0v) is 13.2. The number of nitro groups is 1. The standard InChI is InChI=1S/C17H14N2O6/c1-24-17(21)18-13-5-2-12(3-6-13)4-11-16(20)25-15-9-7-14(8-10-15)19(22)23/h2-11H,1H3,(H,18,21). The molecule has 0 aliphatic heterocycles. The van der Waals surface area contributed by atoms with Gasteiger partial charge in [0.2, 0.25) is 0 Å². The van der Waals surface area contributed by atoms with Crippen LogP contribution in [0.4, 0.5) is 16.2 Å². The molecular weight excluding hydrogens is 328 g/mol. The van der Waals surface area contributed by atoms with Crippen LogP contribution >= 0.6 is 0 Å². The molecule has 0 unspecified atom stereocenters. The highest BCUT2D eigenvalue weighted by atomic mass is 16.6. The van der Waals surface area contributed by atoms with Crippen molar-refractivity contribution in [2.45, 2.75) is 0 Å². The molecular formula is C17H14N2O6. The van der Waals surface area contributed by atoms with Gasteiger partial charge in [-0.1, -0.05) is 12.1 Å². The highest BCUT2D eigenvalue weighted by molar-refractivity contribution is 5.89. The summed E-state index contributed by atoms with van der Waals surface area (Å²) in [7, 11) is 1.27. The lowest BCUT2D eigenvalue weighted by Crippen LogP contribution is -2.10. The summed E-state index contributed by atoms with van der Waals surface area (Å²) in [6.45, 7) is 0. The Hall–Kier alpha value is -3.68. The number of carbonyl (C=O) groups excluding carboxylic acids is 2. The maximum Gasteiger partial charge on any atom is 0.411 e. The summed E-state index contributed by atoms with van der Waals surface area (Å²) in [5, 5.41) is 13.1. The van der Waals surface area contributed by atoms with Gasteiger partial charge in [0.05, 0.1) is 12.0 Å². The summed E-state index contributed by atoms with van der Waals surface area (Å²) in [4.78, 5) is 32.8. The number of carbonyl (C=O) groups is 2. The van der Waals surface area contributed by atoms with E-state index in [0.717, 1.165) is 5.56 Å². The molecule has 0 bridgehead atoms. The van der Waals surface area contributed by atoms with E-state index in [4.69, 9.17) is 4.74 Å². The Morgan fingerprint density at radius 3 is 2.28 bits per heavy atom. The summed E-state index contributed by atoms with van der Waals surface area (Å²) in [5.41, 5.74) is 1.18. The predicted molar refractivity (Wildman–Crippen MR) is 90.2 cm³/mol. The van der Waals surface area contributed by atoms with Crippen molar-refractivity contribution in [2.75, 3.05) is 12.4 Å². The Labute approximate surface area is 142 Å². The Morgan fingerprint density at radius 1 is 1.08 bits per heavy atom. The predicted octanol–water partition coefficient (Wildman–Crippen LogP) is 3.39. The number of hydrogen-bond donors (Lipinski definition) is 1. The lowest BCUT2D eigenvalue weighted by Gasteiger charge is -2.03. The van der Waals surface area contributed by atoms with E-state index in [1.54, 1.807) is 24.3 Å². The summed E-state index contributed by atoms with van der Waals surface area (Å²) >= 11 is 0. The number of anilines is 1. The highest BCUT2D eigenvalue weighted by Gasteiger charge is 2.06. The fraction of sp³-hybridized carbons (Fsp3) is 0.0588. The number of nitrogens with one attached hydrogen (secondary N) is 1. The fourth-order valence-corrected chi connectivity index (χ4v) is 1.80. The molecule has 2 aromatic rings. The average molecular weight is 342 g/mol. The number of nitrogens with zero attached hydrogens (tertiary/aromatic N) is 1. The zero-order chi connectivity index (χ0) is 18.2. The van der Waals surface area contributed by atoms with Crippen molar-refractivity contribution in [3.63, 3.8) is 0 Å². The minimum Gasteiger partial charge on any atom is -0.453 e. The molecule has 1 amide bonds. The molecule has 1 N–H and O–H groups in total. The molecule has 8 heteroatoms. The van der Waals surface area contributed by atoms with Crippen LogP contribution < -0.4 is 10.1 Å². The van der Waals surface area contributed by atoms with Crippen molar-refractivity contribution >= 4 is 29.5 Å². The molecule has 0 heterocycles. The van der Waals surface area contributed by atoms with Gasteiger partial charge in [0.1, 0.15) is 5.75 Å². The molecule has 0 aliphatic rings. The lowest BCUT2D eigenvalue weighted by atomic mass is 10.2. The monoisotopic (exact) mass is 342 g/mol. The molecule has 25 heavy (non-hydrogen) atoms. The maximum atomic E-state index is 11.7. The van der Waals surface area contributed by atoms with Crippen LogP contribution in [0.5, 0.6) is 5.75 Å². The molecule has 0 aliphatic carbocycles. The van der Waals surface area contributed by atoms with Gasteiger partial charge in [0.15, 0.2) is 0 Å². The van der Waals surface area contributed by atoms with E-state index in [0.29, 0.717) is 5.69 Å². The number of amides is 1. The molecule has 0 aromatic heterocycles. The Kier molecular flexibility index (Phi) is 5.83. The van der Waals surface area contributed by atoms with E-state index in [1.165, 1.54) is 43.5 Å². The van der Waals surface area contributed by atoms with Crippen LogP contribution in [-0.2, 0) is 9.53 Å². The van der Waals surface area contributed by atoms with E-state index >= 15 is 0 Å². The van der Waals surface area contributed by atoms with Gasteiger partial charge in [-0.3, -0.25) is 15.4 Å². The van der Waals surface area contributed by atoms with Crippen molar-refractivity contribution in [2.24, 2.45) is 0 Å². The van der Waals surface area contributed by atoms with Crippen LogP contribution in [0.15, 0.2) is 54.6 Å². The summed E-state index contributed by atoms with van der Waals surface area (Å²) in [5.74, 6) is -0.413. The third-order valence-corrected chi connectivity index (χ3v) is 3.02. The first kappa shape index (κ1) is 17.7. The third kappa shape index (κ3) is 5.47. The van der Waals surface area contributed by atoms with Crippen molar-refractivity contribution in [1.29, 1.82) is 0 Å². The van der Waals surface area contributed by atoms with Crippen molar-refractivity contribution in [3.8, 4) is 5.75 Å². The van der Waals surface area contributed by atoms with E-state index in [9.17, 15) is 19.7 Å². The molecule has 0 saturated heterocycles. The molecule has 2 aromatic carbocycles. The number of ether oxygens (including phenoxy) is 2. The van der Waals surface area contributed by atoms with Crippen molar-refractivity contribution in [1.82, 2.24) is 0 Å². The molecule has 0 fully saturated rings. The van der Waals surface area contributed by atoms with Gasteiger partial charge in [-0.05, 0) is 35.9 Å². The smallest absolute Gasteiger partial charge is 0.411 e. The van der Waals surface area contributed by atoms with E-state index in [-0.39, 0.29) is 11.4 Å². The van der Waals surface area contributed by atoms with Gasteiger partial charge in [-0.25, -0.2) is 9.59 Å². The van der Waals surface area contributed by atoms with Gasteiger partial charge in [-0.15, -0.1) is 0 Å². The lowest BCUT2D eigenvalue weighted by molar-refractivity contribution is -0.384. The SMILES string of the molecule is COC(=O)Nc1ccc(C=CC(=O)Oc2ccc([N+](=O)[O-])cc2)cc1. The molecule has 0 atom stereocenters. The van der Waals surface area contributed by atoms with E-state index in [1.807, 2.05) is 0 Å². The van der Waals surface area contributed by atoms with Gasteiger partial charge >= 0.3 is 12.1 Å². The zero-order valence-electron chi connectivity index (χ0n) is 13.2. The number of esters is 1. The first-order chi connectivity index (χ1) is 12.0. The summed E-state index contributed by atoms with van der Waals surface area (Å²) in [6.07, 6.45) is 2.19. The van der Waals surface area contributed by atoms with Crippen LogP contribution in [0.25, 0.3) is 6.08 Å². The quantitative estimate of drug-likeness (QED) is 0.293. The number of nitro benzene ring substituents is 1. The van der Waals surface area contributed by atoms with Gasteiger partial charge in [-0.2, -0.15) is 0 Å². The highest BCUT2D eigenvalue weighted by Crippen LogP contribution is 2.17. The first-order valence-corrected chi connectivity index (χ1v) is 7.07. The summed E-state index contributed by atoms with van der Waals surface area (Å²) in [6, 6.07) is 11.9. The first-order valence-electron chi connectivity index (χ1n) is 7.07. The van der Waals surface area contributed by atoms with Crippen LogP contribution in [0.1, 0.15) is 5.56 Å². The number of non-ortho nitro benzene ring substituents is 1. The third-order valence-electron chi connectivity index (χ3n) is 3.02. The number of hydrogen-bond acceptors (Lipinski definition) is 6. The topological polar surface area (TPSA) is 108 Å². The second kappa shape index (κ2) is 8.25. The average Bonchev–Trinajstić information content (AvgIpc) is 2.61. The second-order valence-corrected chi connectivity index (χ2v) is 4.74. The molecule has 8 nitrogen and oxygen atoms in total. The molecule has 0 spiro atoms. The largest absolute Gasteiger partial charge is 0.453 e. The fourth-order valence-electron chi connectivity index (χ4n) is 1.80. The molecule has 0 saturated carbocycles. The number of benzene rings is 2. The van der Waals surface area contributed by atoms with Gasteiger partial charge in [0, 0.05) is 23.9 Å². The van der Waals surface area contributed by atoms with Crippen LogP contribution in [0, 0.1) is 10.1 Å². The van der Waals surface area contributed by atoms with Gasteiger partial charge < -0.3 is 9.47 Å². The molecule has 0 radical (unpaired) electrons. The van der Waals surface area contributed by atoms with Crippen molar-refractivity contribution in [3.05, 3.63) is 70.3 Å². The van der Waals surface area contributed by atoms with Crippen LogP contribution in [-0.4, -0.2) is 24.1 Å².